The molecule has 4 heterocycles. The van der Waals surface area contributed by atoms with Gasteiger partial charge in [-0.3, -0.25) is 0 Å². The summed E-state index contributed by atoms with van der Waals surface area (Å²) in [5, 5.41) is 1.28. The summed E-state index contributed by atoms with van der Waals surface area (Å²) in [6.45, 7) is 8.73. The number of imidazole rings is 1. The van der Waals surface area contributed by atoms with E-state index in [9.17, 15) is 0 Å². The first-order chi connectivity index (χ1) is 13.6. The standard InChI is InChI=1S/C23H26N4O/c1-14-10-15(2)24-23-22(14)25-16(3)27(23)13-17-4-5-20-19(11-17)12-21(26-20)18-6-8-28-9-7-18/h4-5,10-12,18,26H,6-9,13H2,1-3H3. The van der Waals surface area contributed by atoms with Crippen molar-refractivity contribution in [2.24, 2.45) is 0 Å². The Morgan fingerprint density at radius 1 is 1.07 bits per heavy atom. The number of rotatable bonds is 3. The summed E-state index contributed by atoms with van der Waals surface area (Å²) in [4.78, 5) is 13.1. The predicted molar refractivity (Wildman–Crippen MR) is 112 cm³/mol. The Morgan fingerprint density at radius 2 is 1.89 bits per heavy atom. The van der Waals surface area contributed by atoms with E-state index in [2.05, 4.69) is 53.7 Å². The molecule has 0 amide bonds. The molecule has 1 N–H and O–H groups in total. The number of nitrogens with zero attached hydrogens (tertiary/aromatic N) is 3. The molecule has 0 atom stereocenters. The number of fused-ring (bicyclic) bond motifs is 2. The fourth-order valence-corrected chi connectivity index (χ4v) is 4.42. The van der Waals surface area contributed by atoms with Gasteiger partial charge in [-0.2, -0.15) is 0 Å². The number of ether oxygens (including phenoxy) is 1. The minimum absolute atomic E-state index is 0.583. The number of aromatic amines is 1. The summed E-state index contributed by atoms with van der Waals surface area (Å²) in [5.41, 5.74) is 8.03. The van der Waals surface area contributed by atoms with Crippen LogP contribution in [0.2, 0.25) is 0 Å². The van der Waals surface area contributed by atoms with Crippen molar-refractivity contribution in [2.75, 3.05) is 13.2 Å². The van der Waals surface area contributed by atoms with Gasteiger partial charge in [0.05, 0.1) is 6.54 Å². The molecule has 28 heavy (non-hydrogen) atoms. The van der Waals surface area contributed by atoms with Crippen molar-refractivity contribution >= 4 is 22.1 Å². The second-order valence-electron chi connectivity index (χ2n) is 8.03. The highest BCUT2D eigenvalue weighted by molar-refractivity contribution is 5.81. The lowest BCUT2D eigenvalue weighted by Gasteiger charge is -2.20. The Balaban J connectivity index is 1.50. The van der Waals surface area contributed by atoms with Gasteiger partial charge in [0.15, 0.2) is 5.65 Å². The van der Waals surface area contributed by atoms with E-state index in [0.717, 1.165) is 55.3 Å². The Labute approximate surface area is 164 Å². The minimum atomic E-state index is 0.583. The largest absolute Gasteiger partial charge is 0.381 e. The van der Waals surface area contributed by atoms with Crippen LogP contribution in [-0.2, 0) is 11.3 Å². The van der Waals surface area contributed by atoms with Gasteiger partial charge in [-0.15, -0.1) is 0 Å². The van der Waals surface area contributed by atoms with Gasteiger partial charge in [0.2, 0.25) is 0 Å². The van der Waals surface area contributed by atoms with Crippen LogP contribution < -0.4 is 0 Å². The fourth-order valence-electron chi connectivity index (χ4n) is 4.42. The predicted octanol–water partition coefficient (Wildman–Crippen LogP) is 4.78. The van der Waals surface area contributed by atoms with Gasteiger partial charge in [-0.1, -0.05) is 6.07 Å². The maximum atomic E-state index is 5.51. The molecule has 1 saturated heterocycles. The molecule has 0 bridgehead atoms. The summed E-state index contributed by atoms with van der Waals surface area (Å²) >= 11 is 0. The van der Waals surface area contributed by atoms with E-state index in [4.69, 9.17) is 14.7 Å². The van der Waals surface area contributed by atoms with E-state index in [1.165, 1.54) is 27.7 Å². The second kappa shape index (κ2) is 6.74. The van der Waals surface area contributed by atoms with Crippen molar-refractivity contribution in [1.29, 1.82) is 0 Å². The number of nitrogens with one attached hydrogen (secondary N) is 1. The molecule has 0 spiro atoms. The first kappa shape index (κ1) is 17.4. The summed E-state index contributed by atoms with van der Waals surface area (Å²) in [5.74, 6) is 1.59. The van der Waals surface area contributed by atoms with E-state index in [1.807, 2.05) is 6.92 Å². The van der Waals surface area contributed by atoms with Crippen LogP contribution in [0.25, 0.3) is 22.1 Å². The van der Waals surface area contributed by atoms with Gasteiger partial charge < -0.3 is 14.3 Å². The molecule has 1 aliphatic heterocycles. The maximum absolute atomic E-state index is 5.51. The molecule has 0 unspecified atom stereocenters. The first-order valence-corrected chi connectivity index (χ1v) is 10.1. The molecule has 5 heteroatoms. The highest BCUT2D eigenvalue weighted by atomic mass is 16.5. The second-order valence-corrected chi connectivity index (χ2v) is 8.03. The normalized spacial score (nSPS) is 15.7. The van der Waals surface area contributed by atoms with E-state index in [0.29, 0.717) is 5.92 Å². The van der Waals surface area contributed by atoms with Gasteiger partial charge in [0.1, 0.15) is 11.3 Å². The number of aryl methyl sites for hydroxylation is 3. The number of hydrogen-bond donors (Lipinski definition) is 1. The summed E-state index contributed by atoms with van der Waals surface area (Å²) in [7, 11) is 0. The average molecular weight is 374 g/mol. The third-order valence-electron chi connectivity index (χ3n) is 5.92. The van der Waals surface area contributed by atoms with Crippen LogP contribution in [0.1, 0.15) is 47.1 Å². The third-order valence-corrected chi connectivity index (χ3v) is 5.92. The summed E-state index contributed by atoms with van der Waals surface area (Å²) in [6.07, 6.45) is 2.20. The zero-order valence-corrected chi connectivity index (χ0v) is 16.7. The molecule has 5 nitrogen and oxygen atoms in total. The molecule has 1 aliphatic rings. The smallest absolute Gasteiger partial charge is 0.160 e. The van der Waals surface area contributed by atoms with Gasteiger partial charge >= 0.3 is 0 Å². The lowest BCUT2D eigenvalue weighted by Crippen LogP contribution is -2.14. The molecule has 5 rings (SSSR count). The third kappa shape index (κ3) is 3.00. The average Bonchev–Trinajstić information content (AvgIpc) is 3.24. The van der Waals surface area contributed by atoms with E-state index < -0.39 is 0 Å². The maximum Gasteiger partial charge on any atom is 0.160 e. The molecular formula is C23H26N4O. The van der Waals surface area contributed by atoms with Crippen LogP contribution in [0, 0.1) is 20.8 Å². The topological polar surface area (TPSA) is 55.7 Å². The van der Waals surface area contributed by atoms with Crippen LogP contribution in [0.3, 0.4) is 0 Å². The molecule has 4 aromatic rings. The highest BCUT2D eigenvalue weighted by Gasteiger charge is 2.18. The van der Waals surface area contributed by atoms with Crippen molar-refractivity contribution < 1.29 is 4.74 Å². The quantitative estimate of drug-likeness (QED) is 0.561. The number of aromatic nitrogens is 4. The fraction of sp³-hybridized carbons (Fsp3) is 0.391. The van der Waals surface area contributed by atoms with E-state index >= 15 is 0 Å². The Bertz CT molecular complexity index is 1160. The Kier molecular flexibility index (Phi) is 4.20. The van der Waals surface area contributed by atoms with E-state index in [-0.39, 0.29) is 0 Å². The molecule has 3 aromatic heterocycles. The molecule has 0 aliphatic carbocycles. The van der Waals surface area contributed by atoms with Crippen LogP contribution in [0.4, 0.5) is 0 Å². The minimum Gasteiger partial charge on any atom is -0.381 e. The monoisotopic (exact) mass is 374 g/mol. The number of benzene rings is 1. The molecule has 144 valence electrons. The highest BCUT2D eigenvalue weighted by Crippen LogP contribution is 2.30. The number of hydrogen-bond acceptors (Lipinski definition) is 3. The van der Waals surface area contributed by atoms with Crippen LogP contribution in [0.15, 0.2) is 30.3 Å². The van der Waals surface area contributed by atoms with Crippen molar-refractivity contribution in [3.8, 4) is 0 Å². The number of pyridine rings is 1. The summed E-state index contributed by atoms with van der Waals surface area (Å²) < 4.78 is 7.73. The van der Waals surface area contributed by atoms with Gasteiger partial charge in [-0.25, -0.2) is 9.97 Å². The molecule has 0 saturated carbocycles. The first-order valence-electron chi connectivity index (χ1n) is 10.1. The van der Waals surface area contributed by atoms with E-state index in [1.54, 1.807) is 0 Å². The summed E-state index contributed by atoms with van der Waals surface area (Å²) in [6, 6.07) is 11.1. The SMILES string of the molecule is Cc1cc(C)c2nc(C)n(Cc3ccc4[nH]c(C5CCOCC5)cc4c3)c2n1. The van der Waals surface area contributed by atoms with Crippen molar-refractivity contribution in [3.63, 3.8) is 0 Å². The molecular weight excluding hydrogens is 348 g/mol. The van der Waals surface area contributed by atoms with Crippen LogP contribution in [0.5, 0.6) is 0 Å². The Hall–Kier alpha value is -2.66. The van der Waals surface area contributed by atoms with Crippen LogP contribution >= 0.6 is 0 Å². The van der Waals surface area contributed by atoms with Crippen molar-refractivity contribution in [1.82, 2.24) is 19.5 Å². The van der Waals surface area contributed by atoms with Gasteiger partial charge in [-0.05, 0) is 74.4 Å². The van der Waals surface area contributed by atoms with Gasteiger partial charge in [0.25, 0.3) is 0 Å². The zero-order chi connectivity index (χ0) is 19.3. The lowest BCUT2D eigenvalue weighted by atomic mass is 9.96. The van der Waals surface area contributed by atoms with Gasteiger partial charge in [0, 0.05) is 36.0 Å². The van der Waals surface area contributed by atoms with Crippen molar-refractivity contribution in [2.45, 2.75) is 46.1 Å². The molecule has 0 radical (unpaired) electrons. The lowest BCUT2D eigenvalue weighted by molar-refractivity contribution is 0.0846. The molecule has 1 fully saturated rings. The molecule has 1 aromatic carbocycles. The zero-order valence-electron chi connectivity index (χ0n) is 16.7. The number of H-pyrrole nitrogens is 1. The van der Waals surface area contributed by atoms with Crippen molar-refractivity contribution in [3.05, 3.63) is 58.7 Å². The van der Waals surface area contributed by atoms with Crippen LogP contribution in [-0.4, -0.2) is 32.7 Å². The Morgan fingerprint density at radius 3 is 2.71 bits per heavy atom.